The van der Waals surface area contributed by atoms with Gasteiger partial charge in [-0.15, -0.1) is 0 Å². The van der Waals surface area contributed by atoms with E-state index in [0.717, 1.165) is 5.56 Å². The second-order valence-electron chi connectivity index (χ2n) is 5.32. The van der Waals surface area contributed by atoms with E-state index >= 15 is 0 Å². The number of hydrogen-bond donors (Lipinski definition) is 3. The Balaban J connectivity index is 1.87. The molecule has 0 spiro atoms. The summed E-state index contributed by atoms with van der Waals surface area (Å²) < 4.78 is 15.6. The molecule has 0 bridgehead atoms. The summed E-state index contributed by atoms with van der Waals surface area (Å²) in [5, 5.41) is 29.5. The Morgan fingerprint density at radius 2 is 1.83 bits per heavy atom. The van der Waals surface area contributed by atoms with Crippen LogP contribution in [-0.4, -0.2) is 65.2 Å². The van der Waals surface area contributed by atoms with E-state index in [9.17, 15) is 20.1 Å². The van der Waals surface area contributed by atoms with Gasteiger partial charge in [0.2, 0.25) is 0 Å². The quantitative estimate of drug-likeness (QED) is 0.612. The molecule has 5 atom stereocenters. The largest absolute Gasteiger partial charge is 0.463 e. The highest BCUT2D eigenvalue weighted by Gasteiger charge is 2.44. The van der Waals surface area contributed by atoms with E-state index in [-0.39, 0.29) is 19.6 Å². The van der Waals surface area contributed by atoms with Gasteiger partial charge in [0.1, 0.15) is 31.0 Å². The lowest BCUT2D eigenvalue weighted by molar-refractivity contribution is -0.300. The van der Waals surface area contributed by atoms with Crippen molar-refractivity contribution in [3.8, 4) is 0 Å². The second-order valence-corrected chi connectivity index (χ2v) is 5.32. The van der Waals surface area contributed by atoms with Crippen LogP contribution in [0.1, 0.15) is 12.5 Å². The van der Waals surface area contributed by atoms with Crippen LogP contribution in [0, 0.1) is 0 Å². The van der Waals surface area contributed by atoms with Crippen LogP contribution >= 0.6 is 0 Å². The number of ether oxygens (including phenoxy) is 3. The fraction of sp³-hybridized carbons (Fsp3) is 0.562. The topological polar surface area (TPSA) is 105 Å². The first-order valence-corrected chi connectivity index (χ1v) is 7.53. The summed E-state index contributed by atoms with van der Waals surface area (Å²) in [4.78, 5) is 11.8. The maximum absolute atomic E-state index is 11.8. The molecule has 0 aromatic heterocycles. The number of aliphatic hydroxyl groups is 3. The number of benzene rings is 1. The zero-order valence-electron chi connectivity index (χ0n) is 12.9. The molecule has 1 aromatic carbocycles. The molecule has 1 heterocycles. The maximum Gasteiger partial charge on any atom is 0.310 e. The molecule has 128 valence electrons. The van der Waals surface area contributed by atoms with Crippen LogP contribution in [-0.2, 0) is 25.4 Å². The Kier molecular flexibility index (Phi) is 6.49. The minimum atomic E-state index is -1.43. The monoisotopic (exact) mass is 326 g/mol. The first-order chi connectivity index (χ1) is 11.0. The van der Waals surface area contributed by atoms with Crippen LogP contribution in [0.25, 0.3) is 0 Å². The van der Waals surface area contributed by atoms with Gasteiger partial charge in [-0.3, -0.25) is 4.79 Å². The zero-order chi connectivity index (χ0) is 16.8. The van der Waals surface area contributed by atoms with E-state index in [0.29, 0.717) is 0 Å². The van der Waals surface area contributed by atoms with Gasteiger partial charge < -0.3 is 29.5 Å². The fourth-order valence-electron chi connectivity index (χ4n) is 2.34. The molecule has 23 heavy (non-hydrogen) atoms. The average molecular weight is 326 g/mol. The summed E-state index contributed by atoms with van der Waals surface area (Å²) in [7, 11) is 0. The summed E-state index contributed by atoms with van der Waals surface area (Å²) >= 11 is 0. The normalized spacial score (nSPS) is 30.9. The smallest absolute Gasteiger partial charge is 0.310 e. The lowest BCUT2D eigenvalue weighted by Crippen LogP contribution is -2.59. The molecule has 7 nitrogen and oxygen atoms in total. The van der Waals surface area contributed by atoms with Gasteiger partial charge in [-0.05, 0) is 12.5 Å². The maximum atomic E-state index is 11.8. The van der Waals surface area contributed by atoms with Gasteiger partial charge in [0.15, 0.2) is 6.29 Å². The van der Waals surface area contributed by atoms with Gasteiger partial charge in [0.05, 0.1) is 6.42 Å². The molecular formula is C16H22O7. The van der Waals surface area contributed by atoms with Crippen molar-refractivity contribution in [1.82, 2.24) is 0 Å². The molecule has 1 saturated heterocycles. The minimum Gasteiger partial charge on any atom is -0.463 e. The van der Waals surface area contributed by atoms with Gasteiger partial charge in [0, 0.05) is 6.61 Å². The number of esters is 1. The van der Waals surface area contributed by atoms with E-state index < -0.39 is 36.7 Å². The Hall–Kier alpha value is -1.51. The fourth-order valence-corrected chi connectivity index (χ4v) is 2.34. The summed E-state index contributed by atoms with van der Waals surface area (Å²) in [6, 6.07) is 9.10. The third-order valence-electron chi connectivity index (χ3n) is 3.60. The molecule has 2 rings (SSSR count). The molecule has 1 fully saturated rings. The van der Waals surface area contributed by atoms with E-state index in [4.69, 9.17) is 14.2 Å². The van der Waals surface area contributed by atoms with Crippen LogP contribution in [0.3, 0.4) is 0 Å². The summed E-state index contributed by atoms with van der Waals surface area (Å²) in [6.45, 7) is 1.74. The van der Waals surface area contributed by atoms with E-state index in [2.05, 4.69) is 0 Å². The van der Waals surface area contributed by atoms with Crippen molar-refractivity contribution < 1.29 is 34.3 Å². The highest BCUT2D eigenvalue weighted by Crippen LogP contribution is 2.22. The highest BCUT2D eigenvalue weighted by atomic mass is 16.7. The summed E-state index contributed by atoms with van der Waals surface area (Å²) in [5.74, 6) is -0.472. The van der Waals surface area contributed by atoms with Crippen LogP contribution < -0.4 is 0 Å². The number of rotatable bonds is 6. The summed E-state index contributed by atoms with van der Waals surface area (Å²) in [6.07, 6.45) is -6.10. The number of hydrogen-bond acceptors (Lipinski definition) is 7. The number of carbonyl (C=O) groups excluding carboxylic acids is 1. The molecule has 0 unspecified atom stereocenters. The Morgan fingerprint density at radius 1 is 1.13 bits per heavy atom. The highest BCUT2D eigenvalue weighted by molar-refractivity contribution is 5.72. The molecule has 0 aliphatic carbocycles. The van der Waals surface area contributed by atoms with Crippen molar-refractivity contribution in [3.05, 3.63) is 35.9 Å². The SMILES string of the molecule is CCO[C@@H]1O[C@H](COC(=O)Cc2ccccc2)[C@@H](O)[C@H](O)[C@H]1O. The van der Waals surface area contributed by atoms with Crippen molar-refractivity contribution in [1.29, 1.82) is 0 Å². The van der Waals surface area contributed by atoms with Crippen molar-refractivity contribution in [2.75, 3.05) is 13.2 Å². The van der Waals surface area contributed by atoms with Gasteiger partial charge in [-0.1, -0.05) is 30.3 Å². The van der Waals surface area contributed by atoms with Gasteiger partial charge in [-0.2, -0.15) is 0 Å². The van der Waals surface area contributed by atoms with Crippen LogP contribution in [0.2, 0.25) is 0 Å². The van der Waals surface area contributed by atoms with Crippen LogP contribution in [0.4, 0.5) is 0 Å². The molecule has 1 aromatic rings. The first-order valence-electron chi connectivity index (χ1n) is 7.53. The van der Waals surface area contributed by atoms with E-state index in [1.807, 2.05) is 18.2 Å². The van der Waals surface area contributed by atoms with E-state index in [1.165, 1.54) is 0 Å². The number of aliphatic hydroxyl groups excluding tert-OH is 3. The Bertz CT molecular complexity index is 492. The van der Waals surface area contributed by atoms with Gasteiger partial charge in [-0.25, -0.2) is 0 Å². The molecule has 7 heteroatoms. The van der Waals surface area contributed by atoms with Gasteiger partial charge >= 0.3 is 5.97 Å². The standard InChI is InChI=1S/C16H22O7/c1-2-21-16-15(20)14(19)13(18)11(23-16)9-22-12(17)8-10-6-4-3-5-7-10/h3-7,11,13-16,18-20H,2,8-9H2,1H3/t11-,13-,14+,15-,16-/m1/s1. The number of carbonyl (C=O) groups is 1. The average Bonchev–Trinajstić information content (AvgIpc) is 2.55. The molecule has 0 amide bonds. The molecule has 3 N–H and O–H groups in total. The molecular weight excluding hydrogens is 304 g/mol. The predicted octanol–water partition coefficient (Wildman–Crippen LogP) is -0.384. The molecule has 0 saturated carbocycles. The Morgan fingerprint density at radius 3 is 2.48 bits per heavy atom. The zero-order valence-corrected chi connectivity index (χ0v) is 12.9. The third-order valence-corrected chi connectivity index (χ3v) is 3.60. The van der Waals surface area contributed by atoms with Crippen LogP contribution in [0.5, 0.6) is 0 Å². The van der Waals surface area contributed by atoms with Crippen molar-refractivity contribution >= 4 is 5.97 Å². The second kappa shape index (κ2) is 8.37. The van der Waals surface area contributed by atoms with Crippen molar-refractivity contribution in [2.45, 2.75) is 44.1 Å². The predicted molar refractivity (Wildman–Crippen MR) is 79.4 cm³/mol. The summed E-state index contributed by atoms with van der Waals surface area (Å²) in [5.41, 5.74) is 0.810. The first kappa shape index (κ1) is 17.8. The molecule has 1 aliphatic heterocycles. The molecule has 1 aliphatic rings. The van der Waals surface area contributed by atoms with Crippen molar-refractivity contribution in [2.24, 2.45) is 0 Å². The van der Waals surface area contributed by atoms with Crippen LogP contribution in [0.15, 0.2) is 30.3 Å². The lowest BCUT2D eigenvalue weighted by Gasteiger charge is -2.39. The van der Waals surface area contributed by atoms with Crippen molar-refractivity contribution in [3.63, 3.8) is 0 Å². The lowest BCUT2D eigenvalue weighted by atomic mass is 9.99. The van der Waals surface area contributed by atoms with E-state index in [1.54, 1.807) is 19.1 Å². The molecule has 0 radical (unpaired) electrons. The van der Waals surface area contributed by atoms with Gasteiger partial charge in [0.25, 0.3) is 0 Å². The third kappa shape index (κ3) is 4.73. The Labute approximate surface area is 134 Å². The minimum absolute atomic E-state index is 0.101.